The number of nitriles is 1. The summed E-state index contributed by atoms with van der Waals surface area (Å²) in [5, 5.41) is 16.3. The van der Waals surface area contributed by atoms with Gasteiger partial charge in [0.2, 0.25) is 5.76 Å². The molecule has 0 aliphatic heterocycles. The summed E-state index contributed by atoms with van der Waals surface area (Å²) in [6.45, 7) is 1.25. The number of anilines is 1. The van der Waals surface area contributed by atoms with E-state index in [9.17, 15) is 0 Å². The van der Waals surface area contributed by atoms with Crippen LogP contribution in [0.25, 0.3) is 0 Å². The maximum absolute atomic E-state index is 8.75. The molecular formula is C16H14N4O. The largest absolute Gasteiger partial charge is 0.449 e. The van der Waals surface area contributed by atoms with E-state index in [0.29, 0.717) is 18.8 Å². The fraction of sp³-hybridized carbons (Fsp3) is 0.125. The first-order valence-corrected chi connectivity index (χ1v) is 6.63. The lowest BCUT2D eigenvalue weighted by molar-refractivity contribution is 0.506. The standard InChI is InChI=1S/C16H14N4O/c17-10-14-6-7-15(21-14)11-18-16-5-2-1-4-13(16)12-20-9-3-8-19-20/h1-9,18H,11-12H2. The van der Waals surface area contributed by atoms with E-state index in [2.05, 4.69) is 16.5 Å². The molecule has 0 aliphatic carbocycles. The van der Waals surface area contributed by atoms with Crippen molar-refractivity contribution < 1.29 is 4.42 Å². The molecule has 5 nitrogen and oxygen atoms in total. The third kappa shape index (κ3) is 3.12. The van der Waals surface area contributed by atoms with Gasteiger partial charge in [-0.15, -0.1) is 0 Å². The predicted octanol–water partition coefficient (Wildman–Crippen LogP) is 3.01. The van der Waals surface area contributed by atoms with Crippen LogP contribution in [-0.4, -0.2) is 9.78 Å². The van der Waals surface area contributed by atoms with Crippen molar-refractivity contribution >= 4 is 5.69 Å². The van der Waals surface area contributed by atoms with Gasteiger partial charge in [0.15, 0.2) is 0 Å². The first-order chi connectivity index (χ1) is 10.3. The number of furan rings is 1. The number of nitrogens with zero attached hydrogens (tertiary/aromatic N) is 3. The smallest absolute Gasteiger partial charge is 0.203 e. The summed E-state index contributed by atoms with van der Waals surface area (Å²) >= 11 is 0. The van der Waals surface area contributed by atoms with Crippen molar-refractivity contribution in [3.8, 4) is 6.07 Å². The molecule has 1 N–H and O–H groups in total. The van der Waals surface area contributed by atoms with Gasteiger partial charge in [-0.1, -0.05) is 18.2 Å². The van der Waals surface area contributed by atoms with Crippen LogP contribution in [-0.2, 0) is 13.1 Å². The lowest BCUT2D eigenvalue weighted by Crippen LogP contribution is -2.05. The van der Waals surface area contributed by atoms with Gasteiger partial charge in [0.1, 0.15) is 11.8 Å². The monoisotopic (exact) mass is 278 g/mol. The highest BCUT2D eigenvalue weighted by molar-refractivity contribution is 5.51. The summed E-state index contributed by atoms with van der Waals surface area (Å²) in [5.74, 6) is 1.07. The van der Waals surface area contributed by atoms with Crippen molar-refractivity contribution in [2.24, 2.45) is 0 Å². The van der Waals surface area contributed by atoms with Crippen molar-refractivity contribution in [1.82, 2.24) is 9.78 Å². The fourth-order valence-corrected chi connectivity index (χ4v) is 2.11. The van der Waals surface area contributed by atoms with Crippen molar-refractivity contribution in [3.63, 3.8) is 0 Å². The number of aromatic nitrogens is 2. The first-order valence-electron chi connectivity index (χ1n) is 6.63. The highest BCUT2D eigenvalue weighted by atomic mass is 16.3. The number of rotatable bonds is 5. The van der Waals surface area contributed by atoms with Crippen molar-refractivity contribution in [1.29, 1.82) is 5.26 Å². The zero-order valence-electron chi connectivity index (χ0n) is 11.4. The molecule has 0 unspecified atom stereocenters. The van der Waals surface area contributed by atoms with Gasteiger partial charge in [0.05, 0.1) is 13.1 Å². The van der Waals surface area contributed by atoms with E-state index in [4.69, 9.17) is 9.68 Å². The lowest BCUT2D eigenvalue weighted by Gasteiger charge is -2.11. The number of hydrogen-bond donors (Lipinski definition) is 1. The summed E-state index contributed by atoms with van der Waals surface area (Å²) in [6, 6.07) is 15.4. The molecule has 0 atom stereocenters. The molecule has 2 heterocycles. The van der Waals surface area contributed by atoms with E-state index < -0.39 is 0 Å². The molecule has 0 amide bonds. The number of para-hydroxylation sites is 1. The zero-order chi connectivity index (χ0) is 14.5. The van der Waals surface area contributed by atoms with Crippen LogP contribution in [0.4, 0.5) is 5.69 Å². The Kier molecular flexibility index (Phi) is 3.70. The molecule has 3 rings (SSSR count). The molecular weight excluding hydrogens is 264 g/mol. The van der Waals surface area contributed by atoms with E-state index in [1.807, 2.05) is 47.3 Å². The molecule has 0 spiro atoms. The van der Waals surface area contributed by atoms with Crippen LogP contribution in [0, 0.1) is 11.3 Å². The molecule has 2 aromatic heterocycles. The Balaban J connectivity index is 1.71. The van der Waals surface area contributed by atoms with Crippen LogP contribution < -0.4 is 5.32 Å². The number of benzene rings is 1. The zero-order valence-corrected chi connectivity index (χ0v) is 11.4. The minimum absolute atomic E-state index is 0.330. The summed E-state index contributed by atoms with van der Waals surface area (Å²) in [6.07, 6.45) is 3.70. The summed E-state index contributed by atoms with van der Waals surface area (Å²) in [4.78, 5) is 0. The SMILES string of the molecule is N#Cc1ccc(CNc2ccccc2Cn2cccn2)o1. The van der Waals surface area contributed by atoms with Gasteiger partial charge in [0, 0.05) is 18.1 Å². The Hall–Kier alpha value is -3.00. The molecule has 3 aromatic rings. The minimum Gasteiger partial charge on any atom is -0.449 e. The highest BCUT2D eigenvalue weighted by Crippen LogP contribution is 2.18. The van der Waals surface area contributed by atoms with Crippen LogP contribution in [0.2, 0.25) is 0 Å². The second-order valence-electron chi connectivity index (χ2n) is 4.59. The van der Waals surface area contributed by atoms with Gasteiger partial charge in [-0.2, -0.15) is 10.4 Å². The van der Waals surface area contributed by atoms with E-state index in [-0.39, 0.29) is 0 Å². The normalized spacial score (nSPS) is 10.2. The average Bonchev–Trinajstić information content (AvgIpc) is 3.17. The van der Waals surface area contributed by atoms with Crippen molar-refractivity contribution in [2.45, 2.75) is 13.1 Å². The molecule has 21 heavy (non-hydrogen) atoms. The number of hydrogen-bond acceptors (Lipinski definition) is 4. The Morgan fingerprint density at radius 1 is 1.19 bits per heavy atom. The molecule has 0 bridgehead atoms. The minimum atomic E-state index is 0.330. The van der Waals surface area contributed by atoms with Gasteiger partial charge in [-0.05, 0) is 29.8 Å². The molecule has 0 radical (unpaired) electrons. The third-order valence-corrected chi connectivity index (χ3v) is 3.13. The Labute approximate surface area is 122 Å². The van der Waals surface area contributed by atoms with Gasteiger partial charge in [-0.25, -0.2) is 0 Å². The Bertz CT molecular complexity index is 753. The van der Waals surface area contributed by atoms with Crippen molar-refractivity contribution in [3.05, 3.63) is 71.9 Å². The van der Waals surface area contributed by atoms with Gasteiger partial charge in [-0.3, -0.25) is 4.68 Å². The van der Waals surface area contributed by atoms with Gasteiger partial charge >= 0.3 is 0 Å². The van der Waals surface area contributed by atoms with Gasteiger partial charge < -0.3 is 9.73 Å². The molecule has 0 fully saturated rings. The second kappa shape index (κ2) is 5.97. The first kappa shape index (κ1) is 13.0. The topological polar surface area (TPSA) is 66.8 Å². The predicted molar refractivity (Wildman–Crippen MR) is 78.5 cm³/mol. The molecule has 0 aliphatic rings. The number of nitrogens with one attached hydrogen (secondary N) is 1. The lowest BCUT2D eigenvalue weighted by atomic mass is 10.1. The van der Waals surface area contributed by atoms with E-state index in [1.165, 1.54) is 0 Å². The molecule has 1 aromatic carbocycles. The van der Waals surface area contributed by atoms with E-state index >= 15 is 0 Å². The van der Waals surface area contributed by atoms with Crippen LogP contribution in [0.1, 0.15) is 17.1 Å². The average molecular weight is 278 g/mol. The molecule has 5 heteroatoms. The second-order valence-corrected chi connectivity index (χ2v) is 4.59. The molecule has 0 saturated carbocycles. The summed E-state index contributed by atoms with van der Waals surface area (Å²) < 4.78 is 7.24. The highest BCUT2D eigenvalue weighted by Gasteiger charge is 2.05. The molecule has 104 valence electrons. The Morgan fingerprint density at radius 2 is 2.10 bits per heavy atom. The van der Waals surface area contributed by atoms with Crippen LogP contribution in [0.15, 0.2) is 59.3 Å². The van der Waals surface area contributed by atoms with Crippen LogP contribution in [0.5, 0.6) is 0 Å². The van der Waals surface area contributed by atoms with Gasteiger partial charge in [0.25, 0.3) is 0 Å². The summed E-state index contributed by atoms with van der Waals surface area (Å²) in [7, 11) is 0. The third-order valence-electron chi connectivity index (χ3n) is 3.13. The maximum Gasteiger partial charge on any atom is 0.203 e. The van der Waals surface area contributed by atoms with E-state index in [1.54, 1.807) is 12.3 Å². The van der Waals surface area contributed by atoms with Crippen molar-refractivity contribution in [2.75, 3.05) is 5.32 Å². The quantitative estimate of drug-likeness (QED) is 0.779. The summed E-state index contributed by atoms with van der Waals surface area (Å²) in [5.41, 5.74) is 2.18. The Morgan fingerprint density at radius 3 is 2.86 bits per heavy atom. The fourth-order valence-electron chi connectivity index (χ4n) is 2.11. The maximum atomic E-state index is 8.75. The molecule has 0 saturated heterocycles. The van der Waals surface area contributed by atoms with E-state index in [0.717, 1.165) is 17.0 Å². The van der Waals surface area contributed by atoms with Crippen LogP contribution >= 0.6 is 0 Å². The van der Waals surface area contributed by atoms with Crippen LogP contribution in [0.3, 0.4) is 0 Å².